The predicted molar refractivity (Wildman–Crippen MR) is 68.6 cm³/mol. The van der Waals surface area contributed by atoms with Gasteiger partial charge in [-0.2, -0.15) is 0 Å². The largest absolute Gasteiger partial charge is 0.472 e. The first-order valence-corrected chi connectivity index (χ1v) is 6.26. The second kappa shape index (κ2) is 5.71. The molecule has 2 heterocycles. The molecule has 18 heavy (non-hydrogen) atoms. The third-order valence-electron chi connectivity index (χ3n) is 3.05. The number of aryl methyl sites for hydroxylation is 1. The van der Waals surface area contributed by atoms with Crippen LogP contribution in [0.2, 0.25) is 0 Å². The average Bonchev–Trinajstić information content (AvgIpc) is 2.97. The molecule has 0 saturated carbocycles. The van der Waals surface area contributed by atoms with Gasteiger partial charge in [-0.15, -0.1) is 0 Å². The van der Waals surface area contributed by atoms with Crippen molar-refractivity contribution >= 4 is 5.78 Å². The normalized spacial score (nSPS) is 12.6. The minimum absolute atomic E-state index is 0.145. The molecule has 0 bridgehead atoms. The highest BCUT2D eigenvalue weighted by Gasteiger charge is 2.11. The molecule has 0 aliphatic heterocycles. The summed E-state index contributed by atoms with van der Waals surface area (Å²) in [5.41, 5.74) is 0.663. The molecule has 0 radical (unpaired) electrons. The fourth-order valence-corrected chi connectivity index (χ4v) is 1.99. The maximum absolute atomic E-state index is 11.8. The maximum Gasteiger partial charge on any atom is 0.166 e. The summed E-state index contributed by atoms with van der Waals surface area (Å²) in [6, 6.07) is 5.69. The van der Waals surface area contributed by atoms with E-state index in [4.69, 9.17) is 8.83 Å². The van der Waals surface area contributed by atoms with Crippen molar-refractivity contribution in [3.05, 3.63) is 47.8 Å². The van der Waals surface area contributed by atoms with Crippen LogP contribution < -0.4 is 0 Å². The summed E-state index contributed by atoms with van der Waals surface area (Å²) in [6.07, 6.45) is 5.34. The topological polar surface area (TPSA) is 43.4 Å². The summed E-state index contributed by atoms with van der Waals surface area (Å²) in [4.78, 5) is 11.8. The van der Waals surface area contributed by atoms with Gasteiger partial charge in [-0.05, 0) is 37.5 Å². The van der Waals surface area contributed by atoms with Crippen LogP contribution in [0.5, 0.6) is 0 Å². The molecule has 0 saturated heterocycles. The summed E-state index contributed by atoms with van der Waals surface area (Å²) in [5, 5.41) is 0. The van der Waals surface area contributed by atoms with Gasteiger partial charge in [0.1, 0.15) is 17.8 Å². The zero-order valence-electron chi connectivity index (χ0n) is 10.8. The van der Waals surface area contributed by atoms with Gasteiger partial charge in [0.15, 0.2) is 5.78 Å². The maximum atomic E-state index is 11.8. The highest BCUT2D eigenvalue weighted by atomic mass is 16.3. The van der Waals surface area contributed by atoms with E-state index in [-0.39, 0.29) is 5.78 Å². The molecule has 0 aromatic carbocycles. The lowest BCUT2D eigenvalue weighted by atomic mass is 9.97. The Hall–Kier alpha value is -1.77. The van der Waals surface area contributed by atoms with Crippen molar-refractivity contribution in [3.8, 4) is 0 Å². The summed E-state index contributed by atoms with van der Waals surface area (Å²) < 4.78 is 10.4. The van der Waals surface area contributed by atoms with Crippen LogP contribution in [0.25, 0.3) is 0 Å². The van der Waals surface area contributed by atoms with Crippen molar-refractivity contribution in [3.63, 3.8) is 0 Å². The molecule has 0 aliphatic rings. The smallest absolute Gasteiger partial charge is 0.166 e. The molecule has 0 amide bonds. The molecule has 0 aliphatic carbocycles. The van der Waals surface area contributed by atoms with Gasteiger partial charge in [0.25, 0.3) is 0 Å². The monoisotopic (exact) mass is 246 g/mol. The van der Waals surface area contributed by atoms with Crippen molar-refractivity contribution in [2.24, 2.45) is 5.92 Å². The van der Waals surface area contributed by atoms with E-state index in [1.807, 2.05) is 19.1 Å². The van der Waals surface area contributed by atoms with Crippen LogP contribution in [-0.4, -0.2) is 5.78 Å². The first-order chi connectivity index (χ1) is 8.65. The highest BCUT2D eigenvalue weighted by molar-refractivity contribution is 5.95. The van der Waals surface area contributed by atoms with Gasteiger partial charge in [-0.3, -0.25) is 4.79 Å². The number of rotatable bonds is 6. The van der Waals surface area contributed by atoms with Gasteiger partial charge in [0.2, 0.25) is 0 Å². The lowest BCUT2D eigenvalue weighted by Gasteiger charge is -2.08. The lowest BCUT2D eigenvalue weighted by Crippen LogP contribution is -2.04. The lowest BCUT2D eigenvalue weighted by molar-refractivity contribution is 0.0973. The number of Topliss-reactive ketones (excluding diaryl/α,β-unsaturated/α-hetero) is 1. The molecule has 2 aromatic rings. The number of carbonyl (C=O) groups is 1. The molecule has 1 unspecified atom stereocenters. The SMILES string of the molecule is Cc1ccc(CC(C)CCC(=O)c2ccoc2)o1. The van der Waals surface area contributed by atoms with Crippen LogP contribution in [0.15, 0.2) is 39.6 Å². The molecule has 1 atom stereocenters. The quantitative estimate of drug-likeness (QED) is 0.723. The van der Waals surface area contributed by atoms with Crippen molar-refractivity contribution in [2.45, 2.75) is 33.1 Å². The zero-order valence-corrected chi connectivity index (χ0v) is 10.8. The molecule has 0 spiro atoms. The van der Waals surface area contributed by atoms with Crippen LogP contribution in [0, 0.1) is 12.8 Å². The Bertz CT molecular complexity index is 494. The van der Waals surface area contributed by atoms with Gasteiger partial charge in [0, 0.05) is 12.8 Å². The minimum Gasteiger partial charge on any atom is -0.472 e. The van der Waals surface area contributed by atoms with Crippen LogP contribution >= 0.6 is 0 Å². The van der Waals surface area contributed by atoms with Crippen LogP contribution in [0.1, 0.15) is 41.6 Å². The molecular formula is C15H18O3. The number of ketones is 1. The first-order valence-electron chi connectivity index (χ1n) is 6.26. The van der Waals surface area contributed by atoms with E-state index in [0.29, 0.717) is 17.9 Å². The number of hydrogen-bond donors (Lipinski definition) is 0. The first kappa shape index (κ1) is 12.7. The summed E-state index contributed by atoms with van der Waals surface area (Å²) in [6.45, 7) is 4.08. The van der Waals surface area contributed by atoms with E-state index in [9.17, 15) is 4.79 Å². The predicted octanol–water partition coefficient (Wildman–Crippen LogP) is 4.02. The van der Waals surface area contributed by atoms with Crippen molar-refractivity contribution in [1.82, 2.24) is 0 Å². The van der Waals surface area contributed by atoms with Gasteiger partial charge in [-0.25, -0.2) is 0 Å². The molecule has 0 N–H and O–H groups in total. The Kier molecular flexibility index (Phi) is 4.03. The summed E-state index contributed by atoms with van der Waals surface area (Å²) in [7, 11) is 0. The second-order valence-electron chi connectivity index (χ2n) is 4.80. The van der Waals surface area contributed by atoms with Crippen LogP contribution in [0.3, 0.4) is 0 Å². The molecule has 0 fully saturated rings. The van der Waals surface area contributed by atoms with E-state index >= 15 is 0 Å². The molecule has 2 rings (SSSR count). The van der Waals surface area contributed by atoms with E-state index in [1.54, 1.807) is 6.07 Å². The fourth-order valence-electron chi connectivity index (χ4n) is 1.99. The molecule has 96 valence electrons. The molecule has 2 aromatic heterocycles. The van der Waals surface area contributed by atoms with Gasteiger partial charge in [-0.1, -0.05) is 6.92 Å². The Morgan fingerprint density at radius 1 is 1.33 bits per heavy atom. The van der Waals surface area contributed by atoms with E-state index in [1.165, 1.54) is 12.5 Å². The van der Waals surface area contributed by atoms with Gasteiger partial charge in [0.05, 0.1) is 11.8 Å². The van der Waals surface area contributed by atoms with Crippen LogP contribution in [-0.2, 0) is 6.42 Å². The average molecular weight is 246 g/mol. The Morgan fingerprint density at radius 3 is 2.78 bits per heavy atom. The van der Waals surface area contributed by atoms with Crippen molar-refractivity contribution in [2.75, 3.05) is 0 Å². The third kappa shape index (κ3) is 3.36. The van der Waals surface area contributed by atoms with Crippen molar-refractivity contribution < 1.29 is 13.6 Å². The number of furan rings is 2. The van der Waals surface area contributed by atoms with Gasteiger partial charge >= 0.3 is 0 Å². The van der Waals surface area contributed by atoms with E-state index in [0.717, 1.165) is 24.4 Å². The van der Waals surface area contributed by atoms with E-state index < -0.39 is 0 Å². The highest BCUT2D eigenvalue weighted by Crippen LogP contribution is 2.17. The Balaban J connectivity index is 1.78. The zero-order chi connectivity index (χ0) is 13.0. The fraction of sp³-hybridized carbons (Fsp3) is 0.400. The van der Waals surface area contributed by atoms with E-state index in [2.05, 4.69) is 6.92 Å². The summed E-state index contributed by atoms with van der Waals surface area (Å²) >= 11 is 0. The molecular weight excluding hydrogens is 228 g/mol. The molecule has 3 nitrogen and oxygen atoms in total. The third-order valence-corrected chi connectivity index (χ3v) is 3.05. The Labute approximate surface area is 107 Å². The second-order valence-corrected chi connectivity index (χ2v) is 4.80. The number of hydrogen-bond acceptors (Lipinski definition) is 3. The minimum atomic E-state index is 0.145. The molecule has 3 heteroatoms. The van der Waals surface area contributed by atoms with Crippen LogP contribution in [0.4, 0.5) is 0 Å². The summed E-state index contributed by atoms with van der Waals surface area (Å²) in [5.74, 6) is 2.51. The van der Waals surface area contributed by atoms with Gasteiger partial charge < -0.3 is 8.83 Å². The van der Waals surface area contributed by atoms with Crippen molar-refractivity contribution in [1.29, 1.82) is 0 Å². The number of carbonyl (C=O) groups excluding carboxylic acids is 1. The Morgan fingerprint density at radius 2 is 2.17 bits per heavy atom. The standard InChI is InChI=1S/C15H18O3/c1-11(9-14-5-4-12(2)18-14)3-6-15(16)13-7-8-17-10-13/h4-5,7-8,10-11H,3,6,9H2,1-2H3.